The quantitative estimate of drug-likeness (QED) is 0.244. The minimum Gasteiger partial charge on any atom is -0.387 e. The number of hydrogen-bond donors (Lipinski definition) is 0. The van der Waals surface area contributed by atoms with Crippen LogP contribution in [0.1, 0.15) is 70.1 Å². The van der Waals surface area contributed by atoms with Gasteiger partial charge in [-0.3, -0.25) is 9.48 Å². The van der Waals surface area contributed by atoms with Gasteiger partial charge in [0.25, 0.3) is 0 Å². The highest BCUT2D eigenvalue weighted by atomic mass is 32.1. The maximum Gasteiger partial charge on any atom is 0.435 e. The molecule has 11 heteroatoms. The molecule has 1 atom stereocenters. The van der Waals surface area contributed by atoms with Crippen LogP contribution >= 0.6 is 11.3 Å². The predicted molar refractivity (Wildman–Crippen MR) is 153 cm³/mol. The van der Waals surface area contributed by atoms with Crippen LogP contribution in [-0.4, -0.2) is 44.4 Å². The molecule has 2 aromatic heterocycles. The molecule has 42 heavy (non-hydrogen) atoms. The van der Waals surface area contributed by atoms with Gasteiger partial charge < -0.3 is 9.74 Å². The zero-order chi connectivity index (χ0) is 29.3. The summed E-state index contributed by atoms with van der Waals surface area (Å²) in [5.74, 6) is -0.0226. The number of likely N-dealkylation sites (tertiary alicyclic amines) is 1. The summed E-state index contributed by atoms with van der Waals surface area (Å²) in [5.41, 5.74) is 4.57. The molecule has 0 saturated carbocycles. The first-order valence-electron chi connectivity index (χ1n) is 13.9. The number of hydrogen-bond acceptors (Lipinski definition) is 6. The number of aromatic nitrogens is 3. The van der Waals surface area contributed by atoms with Gasteiger partial charge in [0.15, 0.2) is 11.8 Å². The molecule has 0 bridgehead atoms. The summed E-state index contributed by atoms with van der Waals surface area (Å²) in [4.78, 5) is 25.3. The van der Waals surface area contributed by atoms with E-state index in [1.165, 1.54) is 18.1 Å². The number of oxime groups is 1. The Morgan fingerprint density at radius 1 is 1.07 bits per heavy atom. The molecule has 1 fully saturated rings. The molecular weight excluding hydrogens is 563 g/mol. The van der Waals surface area contributed by atoms with Crippen molar-refractivity contribution in [2.24, 2.45) is 5.16 Å². The molecule has 4 aromatic rings. The third kappa shape index (κ3) is 6.11. The fraction of sp³-hybridized carbons (Fsp3) is 0.355. The van der Waals surface area contributed by atoms with Gasteiger partial charge in [-0.15, -0.1) is 11.3 Å². The second-order valence-corrected chi connectivity index (χ2v) is 11.6. The van der Waals surface area contributed by atoms with E-state index in [1.807, 2.05) is 35.7 Å². The molecule has 218 valence electrons. The Labute approximate surface area is 245 Å². The van der Waals surface area contributed by atoms with Gasteiger partial charge in [-0.1, -0.05) is 59.8 Å². The monoisotopic (exact) mass is 593 g/mol. The van der Waals surface area contributed by atoms with Gasteiger partial charge in [-0.05, 0) is 48.9 Å². The summed E-state index contributed by atoms with van der Waals surface area (Å²) in [6, 6.07) is 19.6. The number of rotatable bonds is 7. The van der Waals surface area contributed by atoms with Crippen LogP contribution in [0.25, 0.3) is 0 Å². The summed E-state index contributed by atoms with van der Waals surface area (Å²) in [6.07, 6.45) is -1.75. The van der Waals surface area contributed by atoms with Gasteiger partial charge in [0.05, 0.1) is 10.7 Å². The predicted octanol–water partition coefficient (Wildman–Crippen LogP) is 6.53. The first-order chi connectivity index (χ1) is 20.2. The molecule has 0 radical (unpaired) electrons. The van der Waals surface area contributed by atoms with Crippen molar-refractivity contribution in [1.82, 2.24) is 19.7 Å². The van der Waals surface area contributed by atoms with Gasteiger partial charge in [0.2, 0.25) is 5.91 Å². The molecule has 1 saturated heterocycles. The Kier molecular flexibility index (Phi) is 7.85. The highest BCUT2D eigenvalue weighted by molar-refractivity contribution is 7.10. The highest BCUT2D eigenvalue weighted by Gasteiger charge is 2.35. The molecule has 1 unspecified atom stereocenters. The minimum absolute atomic E-state index is 0.162. The molecule has 0 spiro atoms. The fourth-order valence-electron chi connectivity index (χ4n) is 5.54. The number of piperidine rings is 1. The number of benzene rings is 2. The molecule has 0 aliphatic carbocycles. The Morgan fingerprint density at radius 2 is 1.81 bits per heavy atom. The van der Waals surface area contributed by atoms with Crippen molar-refractivity contribution >= 4 is 23.0 Å². The smallest absolute Gasteiger partial charge is 0.387 e. The van der Waals surface area contributed by atoms with E-state index in [0.29, 0.717) is 25.2 Å². The summed E-state index contributed by atoms with van der Waals surface area (Å²) < 4.78 is 40.0. The number of carbonyl (C=O) groups excluding carboxylic acids is 1. The van der Waals surface area contributed by atoms with Crippen LogP contribution in [0.2, 0.25) is 0 Å². The Balaban J connectivity index is 1.04. The van der Waals surface area contributed by atoms with Crippen LogP contribution < -0.4 is 0 Å². The molecule has 2 aliphatic heterocycles. The summed E-state index contributed by atoms with van der Waals surface area (Å²) in [7, 11) is 0. The molecule has 0 N–H and O–H groups in total. The van der Waals surface area contributed by atoms with Crippen molar-refractivity contribution in [3.05, 3.63) is 105 Å². The van der Waals surface area contributed by atoms with E-state index < -0.39 is 11.9 Å². The summed E-state index contributed by atoms with van der Waals surface area (Å²) in [6.45, 7) is 2.36. The van der Waals surface area contributed by atoms with E-state index in [1.54, 1.807) is 16.2 Å². The van der Waals surface area contributed by atoms with Crippen molar-refractivity contribution in [1.29, 1.82) is 0 Å². The van der Waals surface area contributed by atoms with Crippen LogP contribution in [0.5, 0.6) is 0 Å². The lowest BCUT2D eigenvalue weighted by Crippen LogP contribution is -2.40. The average molecular weight is 594 g/mol. The third-order valence-corrected chi connectivity index (χ3v) is 8.89. The zero-order valence-corrected chi connectivity index (χ0v) is 23.9. The molecule has 7 nitrogen and oxygen atoms in total. The second-order valence-electron chi connectivity index (χ2n) is 10.7. The lowest BCUT2D eigenvalue weighted by molar-refractivity contribution is -0.142. The van der Waals surface area contributed by atoms with Crippen molar-refractivity contribution < 1.29 is 22.8 Å². The Bertz CT molecular complexity index is 1590. The van der Waals surface area contributed by atoms with Crippen LogP contribution in [-0.2, 0) is 28.8 Å². The van der Waals surface area contributed by atoms with Crippen LogP contribution in [0, 0.1) is 6.92 Å². The minimum atomic E-state index is -4.53. The maximum atomic E-state index is 13.0. The number of thiazole rings is 1. The zero-order valence-electron chi connectivity index (χ0n) is 23.1. The topological polar surface area (TPSA) is 72.6 Å². The fourth-order valence-corrected chi connectivity index (χ4v) is 6.54. The molecule has 1 amide bonds. The number of nitrogens with zero attached hydrogens (tertiary/aromatic N) is 5. The standard InChI is InChI=1S/C31H30F3N5O2S/c1-20-15-28(31(32,33)34)36-39(20)18-29(40)38-13-11-22(12-14-38)30-35-26(19-42-30)25-17-27(41-37-25)24-10-6-5-9-23(24)16-21-7-3-2-4-8-21/h2-10,15,19,22,27H,11-14,16-18H2,1H3. The van der Waals surface area contributed by atoms with Crippen molar-refractivity contribution in [3.8, 4) is 0 Å². The van der Waals surface area contributed by atoms with E-state index in [2.05, 4.69) is 34.5 Å². The molecular formula is C31H30F3N5O2S. The highest BCUT2D eigenvalue weighted by Crippen LogP contribution is 2.35. The first-order valence-corrected chi connectivity index (χ1v) is 14.8. The van der Waals surface area contributed by atoms with Crippen molar-refractivity contribution in [2.75, 3.05) is 13.1 Å². The van der Waals surface area contributed by atoms with Crippen molar-refractivity contribution in [2.45, 2.75) is 57.3 Å². The van der Waals surface area contributed by atoms with E-state index in [-0.39, 0.29) is 24.5 Å². The van der Waals surface area contributed by atoms with E-state index in [4.69, 9.17) is 9.82 Å². The van der Waals surface area contributed by atoms with Gasteiger partial charge in [0, 0.05) is 36.5 Å². The summed E-state index contributed by atoms with van der Waals surface area (Å²) in [5, 5.41) is 11.0. The number of amides is 1. The average Bonchev–Trinajstić information content (AvgIpc) is 3.74. The Hall–Kier alpha value is -3.99. The third-order valence-electron chi connectivity index (χ3n) is 7.88. The maximum absolute atomic E-state index is 13.0. The van der Waals surface area contributed by atoms with Crippen LogP contribution in [0.15, 0.2) is 71.2 Å². The molecule has 2 aliphatic rings. The summed E-state index contributed by atoms with van der Waals surface area (Å²) >= 11 is 1.59. The number of alkyl halides is 3. The normalized spacial score (nSPS) is 17.8. The SMILES string of the molecule is Cc1cc(C(F)(F)F)nn1CC(=O)N1CCC(c2nc(C3=NOC(c4ccccc4Cc4ccccc4)C3)cs2)CC1. The first kappa shape index (κ1) is 28.1. The van der Waals surface area contributed by atoms with Gasteiger partial charge >= 0.3 is 6.18 Å². The molecule has 4 heterocycles. The van der Waals surface area contributed by atoms with E-state index >= 15 is 0 Å². The molecule has 2 aromatic carbocycles. The lowest BCUT2D eigenvalue weighted by atomic mass is 9.94. The van der Waals surface area contributed by atoms with Crippen LogP contribution in [0.3, 0.4) is 0 Å². The number of halogens is 3. The Morgan fingerprint density at radius 3 is 2.55 bits per heavy atom. The molecule has 6 rings (SSSR count). The number of carbonyl (C=O) groups is 1. The van der Waals surface area contributed by atoms with Crippen molar-refractivity contribution in [3.63, 3.8) is 0 Å². The van der Waals surface area contributed by atoms with E-state index in [9.17, 15) is 18.0 Å². The van der Waals surface area contributed by atoms with Gasteiger partial charge in [-0.25, -0.2) is 4.98 Å². The van der Waals surface area contributed by atoms with Gasteiger partial charge in [-0.2, -0.15) is 18.3 Å². The van der Waals surface area contributed by atoms with E-state index in [0.717, 1.165) is 52.0 Å². The van der Waals surface area contributed by atoms with Gasteiger partial charge in [0.1, 0.15) is 12.3 Å². The van der Waals surface area contributed by atoms with Crippen LogP contribution in [0.4, 0.5) is 13.2 Å². The lowest BCUT2D eigenvalue weighted by Gasteiger charge is -2.31. The second kappa shape index (κ2) is 11.7. The largest absolute Gasteiger partial charge is 0.435 e. The number of aryl methyl sites for hydroxylation is 1.